The van der Waals surface area contributed by atoms with Gasteiger partial charge in [0.25, 0.3) is 10.0 Å². The summed E-state index contributed by atoms with van der Waals surface area (Å²) < 4.78 is 69.4. The van der Waals surface area contributed by atoms with Crippen LogP contribution in [0.15, 0.2) is 71.6 Å². The number of carbonyl (C=O) groups excluding carboxylic acids is 2. The summed E-state index contributed by atoms with van der Waals surface area (Å²) in [6.07, 6.45) is -4.31. The number of nitrogens with one attached hydrogen (secondary N) is 1. The SMILES string of the molecule is CC[C@H](C)NC(=O)[C@H](C)N(Cc1c(Cl)cccc1Cl)C(=O)CN(c1ccc(Cl)c(C(F)(F)F)c1)S(=O)(=O)c1ccccc1. The number of benzene rings is 3. The van der Waals surface area contributed by atoms with Crippen LogP contribution in [-0.2, 0) is 32.3 Å². The summed E-state index contributed by atoms with van der Waals surface area (Å²) in [6, 6.07) is 12.7. The van der Waals surface area contributed by atoms with E-state index in [-0.39, 0.29) is 27.5 Å². The highest BCUT2D eigenvalue weighted by atomic mass is 35.5. The minimum atomic E-state index is -4.91. The highest BCUT2D eigenvalue weighted by molar-refractivity contribution is 7.92. The maximum Gasteiger partial charge on any atom is 0.417 e. The number of halogens is 6. The number of carbonyl (C=O) groups is 2. The minimum absolute atomic E-state index is 0.195. The lowest BCUT2D eigenvalue weighted by Crippen LogP contribution is -2.52. The third-order valence-electron chi connectivity index (χ3n) is 6.71. The molecule has 0 saturated heterocycles. The van der Waals surface area contributed by atoms with E-state index < -0.39 is 56.9 Å². The summed E-state index contributed by atoms with van der Waals surface area (Å²) in [5, 5.41) is 2.52. The molecule has 0 aliphatic rings. The molecule has 0 aromatic heterocycles. The first-order valence-corrected chi connectivity index (χ1v) is 15.6. The van der Waals surface area contributed by atoms with Gasteiger partial charge >= 0.3 is 6.18 Å². The van der Waals surface area contributed by atoms with E-state index in [0.29, 0.717) is 22.4 Å². The standard InChI is InChI=1S/C29H29Cl3F3N3O4S/c1-4-18(2)36-28(40)19(3)37(16-22-24(30)11-8-12-25(22)31)27(39)17-38(43(41,42)21-9-6-5-7-10-21)20-13-14-26(32)23(15-20)29(33,34)35/h5-15,18-19H,4,16-17H2,1-3H3,(H,36,40)/t18-,19-/m0/s1. The Morgan fingerprint density at radius 3 is 2.07 bits per heavy atom. The van der Waals surface area contributed by atoms with Crippen LogP contribution in [0.25, 0.3) is 0 Å². The summed E-state index contributed by atoms with van der Waals surface area (Å²) in [5.41, 5.74) is -1.44. The van der Waals surface area contributed by atoms with Gasteiger partial charge in [0.1, 0.15) is 12.6 Å². The monoisotopic (exact) mass is 677 g/mol. The average molecular weight is 679 g/mol. The van der Waals surface area contributed by atoms with Crippen LogP contribution in [0.3, 0.4) is 0 Å². The molecule has 2 atom stereocenters. The Bertz CT molecular complexity index is 1550. The Morgan fingerprint density at radius 2 is 1.51 bits per heavy atom. The van der Waals surface area contributed by atoms with Gasteiger partial charge in [-0.05, 0) is 62.7 Å². The number of sulfonamides is 1. The number of nitrogens with zero attached hydrogens (tertiary/aromatic N) is 2. The number of hydrogen-bond donors (Lipinski definition) is 1. The molecule has 0 aliphatic heterocycles. The van der Waals surface area contributed by atoms with Crippen molar-refractivity contribution in [1.82, 2.24) is 10.2 Å². The maximum absolute atomic E-state index is 14.0. The van der Waals surface area contributed by atoms with Gasteiger partial charge in [-0.15, -0.1) is 0 Å². The van der Waals surface area contributed by atoms with Crippen molar-refractivity contribution in [3.05, 3.63) is 92.9 Å². The van der Waals surface area contributed by atoms with Crippen molar-refractivity contribution < 1.29 is 31.2 Å². The van der Waals surface area contributed by atoms with E-state index >= 15 is 0 Å². The van der Waals surface area contributed by atoms with Gasteiger partial charge < -0.3 is 10.2 Å². The third-order valence-corrected chi connectivity index (χ3v) is 9.54. The van der Waals surface area contributed by atoms with E-state index in [2.05, 4.69) is 5.32 Å². The predicted molar refractivity (Wildman–Crippen MR) is 162 cm³/mol. The molecule has 0 fully saturated rings. The van der Waals surface area contributed by atoms with Crippen molar-refractivity contribution in [2.45, 2.75) is 56.9 Å². The Hall–Kier alpha value is -2.99. The molecule has 1 N–H and O–H groups in total. The van der Waals surface area contributed by atoms with Crippen LogP contribution in [0.1, 0.15) is 38.3 Å². The van der Waals surface area contributed by atoms with Crippen molar-refractivity contribution in [1.29, 1.82) is 0 Å². The van der Waals surface area contributed by atoms with Crippen LogP contribution in [0, 0.1) is 0 Å². The molecule has 14 heteroatoms. The molecule has 7 nitrogen and oxygen atoms in total. The fourth-order valence-electron chi connectivity index (χ4n) is 4.04. The molecule has 0 heterocycles. The molecule has 3 rings (SSSR count). The van der Waals surface area contributed by atoms with E-state index in [4.69, 9.17) is 34.8 Å². The quantitative estimate of drug-likeness (QED) is 0.233. The Kier molecular flexibility index (Phi) is 11.4. The van der Waals surface area contributed by atoms with Crippen LogP contribution in [0.2, 0.25) is 15.1 Å². The molecular weight excluding hydrogens is 650 g/mol. The second-order valence-corrected chi connectivity index (χ2v) is 12.8. The predicted octanol–water partition coefficient (Wildman–Crippen LogP) is 7.19. The molecule has 3 aromatic rings. The molecule has 232 valence electrons. The Balaban J connectivity index is 2.14. The molecular formula is C29H29Cl3F3N3O4S. The molecule has 2 amide bonds. The van der Waals surface area contributed by atoms with Gasteiger partial charge in [0.15, 0.2) is 0 Å². The van der Waals surface area contributed by atoms with Crippen LogP contribution in [0.4, 0.5) is 18.9 Å². The molecule has 0 aliphatic carbocycles. The van der Waals surface area contributed by atoms with Crippen molar-refractivity contribution >= 4 is 62.3 Å². The molecule has 3 aromatic carbocycles. The minimum Gasteiger partial charge on any atom is -0.352 e. The van der Waals surface area contributed by atoms with Crippen molar-refractivity contribution in [3.8, 4) is 0 Å². The summed E-state index contributed by atoms with van der Waals surface area (Å²) in [4.78, 5) is 27.9. The highest BCUT2D eigenvalue weighted by Gasteiger charge is 2.37. The molecule has 0 radical (unpaired) electrons. The van der Waals surface area contributed by atoms with E-state index in [1.165, 1.54) is 43.3 Å². The first kappa shape index (κ1) is 34.5. The summed E-state index contributed by atoms with van der Waals surface area (Å²) in [7, 11) is -4.59. The molecule has 0 spiro atoms. The fraction of sp³-hybridized carbons (Fsp3) is 0.310. The average Bonchev–Trinajstić information content (AvgIpc) is 2.95. The highest BCUT2D eigenvalue weighted by Crippen LogP contribution is 2.38. The Labute approximate surface area is 263 Å². The van der Waals surface area contributed by atoms with Gasteiger partial charge in [0, 0.05) is 28.2 Å². The van der Waals surface area contributed by atoms with Crippen molar-refractivity contribution in [3.63, 3.8) is 0 Å². The largest absolute Gasteiger partial charge is 0.417 e. The molecule has 0 saturated carbocycles. The number of alkyl halides is 3. The second-order valence-electron chi connectivity index (χ2n) is 9.70. The van der Waals surface area contributed by atoms with Crippen LogP contribution < -0.4 is 9.62 Å². The summed E-state index contributed by atoms with van der Waals surface area (Å²) in [5.74, 6) is -1.43. The van der Waals surface area contributed by atoms with Gasteiger partial charge in [-0.2, -0.15) is 13.2 Å². The number of hydrogen-bond acceptors (Lipinski definition) is 4. The van der Waals surface area contributed by atoms with E-state index in [1.54, 1.807) is 19.1 Å². The Morgan fingerprint density at radius 1 is 0.907 bits per heavy atom. The van der Waals surface area contributed by atoms with Crippen LogP contribution >= 0.6 is 34.8 Å². The zero-order chi connectivity index (χ0) is 32.1. The second kappa shape index (κ2) is 14.2. The van der Waals surface area contributed by atoms with Gasteiger partial charge in [-0.25, -0.2) is 8.42 Å². The molecule has 0 bridgehead atoms. The van der Waals surface area contributed by atoms with E-state index in [0.717, 1.165) is 17.0 Å². The van der Waals surface area contributed by atoms with Gasteiger partial charge in [0.05, 0.1) is 21.2 Å². The summed E-state index contributed by atoms with van der Waals surface area (Å²) >= 11 is 18.5. The zero-order valence-electron chi connectivity index (χ0n) is 23.3. The van der Waals surface area contributed by atoms with Gasteiger partial charge in [-0.3, -0.25) is 13.9 Å². The number of rotatable bonds is 11. The van der Waals surface area contributed by atoms with Crippen molar-refractivity contribution in [2.75, 3.05) is 10.8 Å². The normalized spacial score (nSPS) is 13.2. The van der Waals surface area contributed by atoms with Crippen LogP contribution in [-0.4, -0.2) is 43.8 Å². The number of anilines is 1. The lowest BCUT2D eigenvalue weighted by molar-refractivity contribution is -0.139. The van der Waals surface area contributed by atoms with Crippen molar-refractivity contribution in [2.24, 2.45) is 0 Å². The maximum atomic E-state index is 14.0. The topological polar surface area (TPSA) is 86.8 Å². The third kappa shape index (κ3) is 8.35. The first-order valence-electron chi connectivity index (χ1n) is 13.0. The fourth-order valence-corrected chi connectivity index (χ4v) is 6.20. The smallest absolute Gasteiger partial charge is 0.352 e. The molecule has 43 heavy (non-hydrogen) atoms. The van der Waals surface area contributed by atoms with Crippen LogP contribution in [0.5, 0.6) is 0 Å². The lowest BCUT2D eigenvalue weighted by atomic mass is 10.1. The van der Waals surface area contributed by atoms with E-state index in [9.17, 15) is 31.2 Å². The van der Waals surface area contributed by atoms with Gasteiger partial charge in [-0.1, -0.05) is 66.0 Å². The lowest BCUT2D eigenvalue weighted by Gasteiger charge is -2.33. The van der Waals surface area contributed by atoms with E-state index in [1.807, 2.05) is 6.92 Å². The zero-order valence-corrected chi connectivity index (χ0v) is 26.4. The summed E-state index contributed by atoms with van der Waals surface area (Å²) in [6.45, 7) is 3.82. The number of amides is 2. The first-order chi connectivity index (χ1) is 20.1. The van der Waals surface area contributed by atoms with Gasteiger partial charge in [0.2, 0.25) is 11.8 Å². The molecule has 0 unspecified atom stereocenters.